The lowest BCUT2D eigenvalue weighted by atomic mass is 10.2. The molecule has 0 aliphatic carbocycles. The Morgan fingerprint density at radius 1 is 1.05 bits per heavy atom. The Hall–Kier alpha value is -2.03. The van der Waals surface area contributed by atoms with Crippen LogP contribution in [0.15, 0.2) is 60.8 Å². The van der Waals surface area contributed by atoms with Gasteiger partial charge in [-0.2, -0.15) is 0 Å². The quantitative estimate of drug-likeness (QED) is 0.715. The first-order valence-corrected chi connectivity index (χ1v) is 8.02. The Morgan fingerprint density at radius 2 is 1.75 bits per heavy atom. The number of rotatable bonds is 4. The van der Waals surface area contributed by atoms with E-state index in [9.17, 15) is 9.46 Å². The van der Waals surface area contributed by atoms with E-state index in [1.54, 1.807) is 30.5 Å². The van der Waals surface area contributed by atoms with E-state index >= 15 is 0 Å². The highest BCUT2D eigenvalue weighted by Crippen LogP contribution is 2.46. The van der Waals surface area contributed by atoms with Gasteiger partial charge in [0.25, 0.3) is 0 Å². The molecular formula is C15H14NO3P. The minimum absolute atomic E-state index is 0.0219. The molecule has 2 aromatic carbocycles. The minimum atomic E-state index is -3.73. The maximum absolute atomic E-state index is 12.2. The molecule has 20 heavy (non-hydrogen) atoms. The largest absolute Gasteiger partial charge is 0.424 e. The molecule has 0 spiro atoms. The smallest absolute Gasteiger partial charge is 0.381 e. The third-order valence-corrected chi connectivity index (χ3v) is 4.27. The number of aromatic amines is 1. The average Bonchev–Trinajstić information content (AvgIpc) is 2.82. The van der Waals surface area contributed by atoms with Crippen LogP contribution in [0, 0.1) is 0 Å². The second kappa shape index (κ2) is 5.16. The van der Waals surface area contributed by atoms with Crippen molar-refractivity contribution in [2.45, 2.75) is 6.16 Å². The van der Waals surface area contributed by atoms with Crippen molar-refractivity contribution in [3.05, 3.63) is 66.4 Å². The van der Waals surface area contributed by atoms with Gasteiger partial charge in [0.15, 0.2) is 0 Å². The van der Waals surface area contributed by atoms with E-state index in [1.165, 1.54) is 0 Å². The zero-order valence-corrected chi connectivity index (χ0v) is 11.6. The van der Waals surface area contributed by atoms with Crippen LogP contribution in [0.5, 0.6) is 5.75 Å². The summed E-state index contributed by atoms with van der Waals surface area (Å²) in [5, 5.41) is 0.943. The van der Waals surface area contributed by atoms with Crippen LogP contribution in [0.25, 0.3) is 10.9 Å². The van der Waals surface area contributed by atoms with Crippen LogP contribution < -0.4 is 4.52 Å². The van der Waals surface area contributed by atoms with Gasteiger partial charge in [-0.3, -0.25) is 0 Å². The molecule has 0 aliphatic rings. The van der Waals surface area contributed by atoms with E-state index in [4.69, 9.17) is 4.52 Å². The second-order valence-corrected chi connectivity index (χ2v) is 6.33. The van der Waals surface area contributed by atoms with Gasteiger partial charge in [-0.25, -0.2) is 4.57 Å². The van der Waals surface area contributed by atoms with Crippen molar-refractivity contribution in [2.24, 2.45) is 0 Å². The number of hydrogen-bond acceptors (Lipinski definition) is 2. The Labute approximate surface area is 116 Å². The van der Waals surface area contributed by atoms with Crippen LogP contribution in [0.3, 0.4) is 0 Å². The summed E-state index contributed by atoms with van der Waals surface area (Å²) in [7, 11) is -3.73. The maximum Gasteiger partial charge on any atom is 0.381 e. The minimum Gasteiger partial charge on any atom is -0.424 e. The van der Waals surface area contributed by atoms with Crippen molar-refractivity contribution in [2.75, 3.05) is 0 Å². The molecule has 0 amide bonds. The molecule has 2 N–H and O–H groups in total. The van der Waals surface area contributed by atoms with E-state index in [2.05, 4.69) is 4.98 Å². The van der Waals surface area contributed by atoms with Gasteiger partial charge in [0.2, 0.25) is 0 Å². The number of benzene rings is 2. The van der Waals surface area contributed by atoms with Gasteiger partial charge < -0.3 is 14.4 Å². The summed E-state index contributed by atoms with van der Waals surface area (Å²) >= 11 is 0. The summed E-state index contributed by atoms with van der Waals surface area (Å²) in [6.45, 7) is 0. The molecular weight excluding hydrogens is 273 g/mol. The van der Waals surface area contributed by atoms with Gasteiger partial charge in [0.1, 0.15) is 5.75 Å². The van der Waals surface area contributed by atoms with Gasteiger partial charge in [-0.05, 0) is 23.8 Å². The van der Waals surface area contributed by atoms with Crippen molar-refractivity contribution < 1.29 is 14.0 Å². The molecule has 0 saturated carbocycles. The molecule has 0 fully saturated rings. The summed E-state index contributed by atoms with van der Waals surface area (Å²) in [5.41, 5.74) is 1.73. The fraction of sp³-hybridized carbons (Fsp3) is 0.0667. The number of para-hydroxylation sites is 2. The Morgan fingerprint density at radius 3 is 2.55 bits per heavy atom. The lowest BCUT2D eigenvalue weighted by Gasteiger charge is -2.12. The van der Waals surface area contributed by atoms with E-state index in [0.29, 0.717) is 5.75 Å². The molecule has 0 radical (unpaired) electrons. The number of H-pyrrole nitrogens is 1. The topological polar surface area (TPSA) is 62.3 Å². The molecule has 5 heteroatoms. The zero-order valence-electron chi connectivity index (χ0n) is 10.7. The Balaban J connectivity index is 1.84. The second-order valence-electron chi connectivity index (χ2n) is 4.56. The van der Waals surface area contributed by atoms with E-state index in [0.717, 1.165) is 16.5 Å². The van der Waals surface area contributed by atoms with Crippen molar-refractivity contribution in [1.82, 2.24) is 4.98 Å². The zero-order chi connectivity index (χ0) is 14.0. The third-order valence-electron chi connectivity index (χ3n) is 3.04. The Bertz CT molecular complexity index is 767. The van der Waals surface area contributed by atoms with E-state index < -0.39 is 7.60 Å². The number of hydrogen-bond donors (Lipinski definition) is 2. The summed E-state index contributed by atoms with van der Waals surface area (Å²) in [5.74, 6) is 0.401. The molecule has 1 atom stereocenters. The van der Waals surface area contributed by atoms with Crippen molar-refractivity contribution in [1.29, 1.82) is 0 Å². The van der Waals surface area contributed by atoms with Gasteiger partial charge >= 0.3 is 7.60 Å². The number of nitrogens with one attached hydrogen (secondary N) is 1. The Kier molecular flexibility index (Phi) is 3.35. The number of aromatic nitrogens is 1. The molecule has 0 aliphatic heterocycles. The SMILES string of the molecule is O=P(O)(Cc1c[nH]c2ccccc12)Oc1ccccc1. The first kappa shape index (κ1) is 13.0. The maximum atomic E-state index is 12.2. The average molecular weight is 287 g/mol. The highest BCUT2D eigenvalue weighted by molar-refractivity contribution is 7.52. The van der Waals surface area contributed by atoms with Gasteiger partial charge in [0, 0.05) is 17.1 Å². The third kappa shape index (κ3) is 2.77. The number of fused-ring (bicyclic) bond motifs is 1. The fourth-order valence-corrected chi connectivity index (χ4v) is 3.36. The summed E-state index contributed by atoms with van der Waals surface area (Å²) in [4.78, 5) is 13.1. The molecule has 0 bridgehead atoms. The molecule has 3 rings (SSSR count). The first-order chi connectivity index (χ1) is 9.64. The summed E-state index contributed by atoms with van der Waals surface area (Å²) in [6.07, 6.45) is 1.73. The van der Waals surface area contributed by atoms with E-state index in [-0.39, 0.29) is 6.16 Å². The summed E-state index contributed by atoms with van der Waals surface area (Å²) in [6, 6.07) is 16.4. The standard InChI is InChI=1S/C15H14NO3P/c17-20(18,19-13-6-2-1-3-7-13)11-12-10-16-15-9-5-4-8-14(12)15/h1-10,16H,11H2,(H,17,18). The molecule has 1 aromatic heterocycles. The highest BCUT2D eigenvalue weighted by Gasteiger charge is 2.23. The van der Waals surface area contributed by atoms with Crippen molar-refractivity contribution >= 4 is 18.5 Å². The van der Waals surface area contributed by atoms with Crippen LogP contribution in [0.4, 0.5) is 0 Å². The van der Waals surface area contributed by atoms with Crippen molar-refractivity contribution in [3.63, 3.8) is 0 Å². The fourth-order valence-electron chi connectivity index (χ4n) is 2.16. The lowest BCUT2D eigenvalue weighted by Crippen LogP contribution is -1.95. The molecule has 1 heterocycles. The first-order valence-electron chi connectivity index (χ1n) is 6.25. The van der Waals surface area contributed by atoms with Crippen LogP contribution in [0.1, 0.15) is 5.56 Å². The lowest BCUT2D eigenvalue weighted by molar-refractivity contribution is 0.378. The van der Waals surface area contributed by atoms with Crippen LogP contribution in [0.2, 0.25) is 0 Å². The van der Waals surface area contributed by atoms with Gasteiger partial charge in [0.05, 0.1) is 6.16 Å². The van der Waals surface area contributed by atoms with E-state index in [1.807, 2.05) is 30.3 Å². The van der Waals surface area contributed by atoms with Crippen molar-refractivity contribution in [3.8, 4) is 5.75 Å². The van der Waals surface area contributed by atoms with Gasteiger partial charge in [-0.1, -0.05) is 36.4 Å². The van der Waals surface area contributed by atoms with Gasteiger partial charge in [-0.15, -0.1) is 0 Å². The molecule has 3 aromatic rings. The summed E-state index contributed by atoms with van der Waals surface area (Å²) < 4.78 is 17.4. The van der Waals surface area contributed by atoms with Crippen LogP contribution >= 0.6 is 7.60 Å². The molecule has 1 unspecified atom stereocenters. The highest BCUT2D eigenvalue weighted by atomic mass is 31.2. The normalized spacial score (nSPS) is 14.1. The molecule has 4 nitrogen and oxygen atoms in total. The van der Waals surface area contributed by atoms with Crippen LogP contribution in [-0.2, 0) is 10.7 Å². The van der Waals surface area contributed by atoms with Crippen LogP contribution in [-0.4, -0.2) is 9.88 Å². The molecule has 102 valence electrons. The predicted molar refractivity (Wildman–Crippen MR) is 78.9 cm³/mol. The monoisotopic (exact) mass is 287 g/mol. The predicted octanol–water partition coefficient (Wildman–Crippen LogP) is 3.93. The molecule has 0 saturated heterocycles.